The first-order valence-electron chi connectivity index (χ1n) is 8.75. The second-order valence-corrected chi connectivity index (χ2v) is 7.81. The van der Waals surface area contributed by atoms with E-state index in [0.717, 1.165) is 5.56 Å². The summed E-state index contributed by atoms with van der Waals surface area (Å²) < 4.78 is 5.53. The molecule has 1 aromatic rings. The highest BCUT2D eigenvalue weighted by Crippen LogP contribution is 2.26. The average Bonchev–Trinajstić information content (AvgIpc) is 2.56. The minimum atomic E-state index is -0.444. The van der Waals surface area contributed by atoms with E-state index in [1.807, 2.05) is 41.5 Å². The van der Waals surface area contributed by atoms with E-state index in [1.165, 1.54) is 11.8 Å². The lowest BCUT2D eigenvalue weighted by molar-refractivity contribution is -0.123. The molecule has 144 valence electrons. The number of carbonyl (C=O) groups excluding carboxylic acids is 2. The Kier molecular flexibility index (Phi) is 8.27. The van der Waals surface area contributed by atoms with E-state index in [9.17, 15) is 9.59 Å². The van der Waals surface area contributed by atoms with Crippen LogP contribution in [0.4, 0.5) is 4.79 Å². The van der Waals surface area contributed by atoms with Gasteiger partial charge in [-0.1, -0.05) is 38.6 Å². The molecule has 1 aromatic heterocycles. The van der Waals surface area contributed by atoms with E-state index in [2.05, 4.69) is 16.5 Å². The minimum absolute atomic E-state index is 0.112. The molecule has 1 heterocycles. The molecule has 6 nitrogen and oxygen atoms in total. The van der Waals surface area contributed by atoms with Gasteiger partial charge in [-0.05, 0) is 27.2 Å². The number of ether oxygens (including phenoxy) is 1. The molecule has 7 heteroatoms. The number of amides is 1. The molecule has 0 aliphatic carbocycles. The first kappa shape index (κ1) is 22.2. The van der Waals surface area contributed by atoms with Crippen molar-refractivity contribution in [2.75, 3.05) is 18.8 Å². The van der Waals surface area contributed by atoms with Crippen LogP contribution in [0.5, 0.6) is 5.88 Å². The van der Waals surface area contributed by atoms with Gasteiger partial charge < -0.3 is 9.64 Å². The van der Waals surface area contributed by atoms with Gasteiger partial charge in [0.25, 0.3) is 0 Å². The van der Waals surface area contributed by atoms with Gasteiger partial charge in [0.2, 0.25) is 5.88 Å². The van der Waals surface area contributed by atoms with E-state index in [1.54, 1.807) is 11.0 Å². The van der Waals surface area contributed by atoms with Gasteiger partial charge in [-0.3, -0.25) is 4.79 Å². The summed E-state index contributed by atoms with van der Waals surface area (Å²) in [4.78, 5) is 34.8. The van der Waals surface area contributed by atoms with Crippen molar-refractivity contribution in [2.24, 2.45) is 5.41 Å². The second-order valence-electron chi connectivity index (χ2n) is 6.87. The average molecular weight is 380 g/mol. The monoisotopic (exact) mass is 379 g/mol. The predicted molar refractivity (Wildman–Crippen MR) is 105 cm³/mol. The van der Waals surface area contributed by atoms with Crippen molar-refractivity contribution in [1.29, 1.82) is 0 Å². The van der Waals surface area contributed by atoms with Gasteiger partial charge in [-0.2, -0.15) is 4.98 Å². The van der Waals surface area contributed by atoms with Gasteiger partial charge in [0, 0.05) is 29.8 Å². The molecule has 0 aromatic carbocycles. The molecule has 0 atom stereocenters. The summed E-state index contributed by atoms with van der Waals surface area (Å²) in [5.41, 5.74) is 1.03. The minimum Gasteiger partial charge on any atom is -0.391 e. The van der Waals surface area contributed by atoms with Crippen molar-refractivity contribution in [3.8, 4) is 5.88 Å². The van der Waals surface area contributed by atoms with Gasteiger partial charge in [-0.15, -0.1) is 6.58 Å². The van der Waals surface area contributed by atoms with Crippen LogP contribution < -0.4 is 4.74 Å². The Balaban J connectivity index is 3.09. The Hall–Kier alpha value is -1.89. The second kappa shape index (κ2) is 9.71. The van der Waals surface area contributed by atoms with Gasteiger partial charge in [-0.25, -0.2) is 9.78 Å². The molecular weight excluding hydrogens is 350 g/mol. The lowest BCUT2D eigenvalue weighted by Crippen LogP contribution is -2.33. The van der Waals surface area contributed by atoms with Crippen LogP contribution in [0.25, 0.3) is 0 Å². The topological polar surface area (TPSA) is 72.4 Å². The highest BCUT2D eigenvalue weighted by Gasteiger charge is 2.23. The smallest absolute Gasteiger partial charge is 0.391 e. The quantitative estimate of drug-likeness (QED) is 0.385. The zero-order valence-electron chi connectivity index (χ0n) is 16.6. The summed E-state index contributed by atoms with van der Waals surface area (Å²) in [5, 5.41) is 0.426. The molecule has 0 aliphatic heterocycles. The van der Waals surface area contributed by atoms with Crippen LogP contribution in [0, 0.1) is 12.3 Å². The van der Waals surface area contributed by atoms with Crippen molar-refractivity contribution < 1.29 is 14.3 Å². The van der Waals surface area contributed by atoms with Crippen LogP contribution in [-0.4, -0.2) is 45.6 Å². The number of aromatic nitrogens is 2. The lowest BCUT2D eigenvalue weighted by atomic mass is 9.92. The van der Waals surface area contributed by atoms with E-state index in [-0.39, 0.29) is 17.4 Å². The molecule has 0 spiro atoms. The molecule has 0 aliphatic rings. The van der Waals surface area contributed by atoms with Crippen LogP contribution >= 0.6 is 11.8 Å². The number of carbonyl (C=O) groups is 2. The Bertz CT molecular complexity index is 665. The highest BCUT2D eigenvalue weighted by molar-refractivity contribution is 7.99. The Labute approximate surface area is 160 Å². The molecule has 1 rings (SSSR count). The third-order valence-electron chi connectivity index (χ3n) is 3.88. The summed E-state index contributed by atoms with van der Waals surface area (Å²) in [6.45, 7) is 16.1. The van der Waals surface area contributed by atoms with Gasteiger partial charge in [0.15, 0.2) is 5.16 Å². The number of thioether (sulfide) groups is 1. The highest BCUT2D eigenvalue weighted by atomic mass is 32.2. The maximum atomic E-state index is 12.3. The number of Topliss-reactive ketones (excluding diaryl/α,β-unsaturated/α-hetero) is 1. The number of ketones is 1. The number of allylic oxidation sites excluding steroid dienone is 1. The molecule has 0 unspecified atom stereocenters. The van der Waals surface area contributed by atoms with Crippen molar-refractivity contribution >= 4 is 23.6 Å². The summed E-state index contributed by atoms with van der Waals surface area (Å²) in [7, 11) is 0. The molecule has 0 bridgehead atoms. The SMILES string of the molecule is C=CCc1c(C)nc(SCC(=O)C(C)(C)C)nc1OC(=O)N(CC)CC. The number of aryl methyl sites for hydroxylation is 1. The third-order valence-corrected chi connectivity index (χ3v) is 4.73. The Morgan fingerprint density at radius 2 is 1.85 bits per heavy atom. The van der Waals surface area contributed by atoms with Crippen LogP contribution in [0.2, 0.25) is 0 Å². The molecule has 26 heavy (non-hydrogen) atoms. The molecule has 0 saturated heterocycles. The number of nitrogens with zero attached hydrogens (tertiary/aromatic N) is 3. The van der Waals surface area contributed by atoms with E-state index in [4.69, 9.17) is 4.74 Å². The van der Waals surface area contributed by atoms with Crippen LogP contribution in [0.3, 0.4) is 0 Å². The normalized spacial score (nSPS) is 11.2. The Morgan fingerprint density at radius 3 is 2.35 bits per heavy atom. The zero-order valence-corrected chi connectivity index (χ0v) is 17.4. The zero-order chi connectivity index (χ0) is 19.9. The molecular formula is C19H29N3O3S. The molecule has 0 radical (unpaired) electrons. The summed E-state index contributed by atoms with van der Waals surface area (Å²) in [6, 6.07) is 0. The van der Waals surface area contributed by atoms with E-state index in [0.29, 0.717) is 30.4 Å². The standard InChI is InChI=1S/C19H29N3O3S/c1-8-11-14-13(4)20-17(26-12-15(23)19(5,6)7)21-16(14)25-18(24)22(9-2)10-3/h8H,1,9-12H2,2-7H3. The van der Waals surface area contributed by atoms with Crippen LogP contribution in [0.15, 0.2) is 17.8 Å². The molecule has 0 saturated carbocycles. The lowest BCUT2D eigenvalue weighted by Gasteiger charge is -2.19. The summed E-state index contributed by atoms with van der Waals surface area (Å²) in [5.74, 6) is 0.619. The van der Waals surface area contributed by atoms with Gasteiger partial charge >= 0.3 is 6.09 Å². The third kappa shape index (κ3) is 6.12. The van der Waals surface area contributed by atoms with Crippen molar-refractivity contribution in [3.05, 3.63) is 23.9 Å². The summed E-state index contributed by atoms with van der Waals surface area (Å²) in [6.07, 6.45) is 1.77. The Morgan fingerprint density at radius 1 is 1.23 bits per heavy atom. The first-order chi connectivity index (χ1) is 12.1. The van der Waals surface area contributed by atoms with E-state index >= 15 is 0 Å². The van der Waals surface area contributed by atoms with Crippen LogP contribution in [-0.2, 0) is 11.2 Å². The number of rotatable bonds is 8. The van der Waals surface area contributed by atoms with E-state index < -0.39 is 11.5 Å². The largest absolute Gasteiger partial charge is 0.416 e. The maximum Gasteiger partial charge on any atom is 0.416 e. The van der Waals surface area contributed by atoms with Crippen molar-refractivity contribution in [3.63, 3.8) is 0 Å². The predicted octanol–water partition coefficient (Wildman–Crippen LogP) is 4.06. The fourth-order valence-electron chi connectivity index (χ4n) is 2.05. The van der Waals surface area contributed by atoms with Crippen molar-refractivity contribution in [1.82, 2.24) is 14.9 Å². The van der Waals surface area contributed by atoms with Gasteiger partial charge in [0.05, 0.1) is 5.75 Å². The fraction of sp³-hybridized carbons (Fsp3) is 0.579. The van der Waals surface area contributed by atoms with Gasteiger partial charge in [0.1, 0.15) is 5.78 Å². The number of hydrogen-bond donors (Lipinski definition) is 0. The number of hydrogen-bond acceptors (Lipinski definition) is 6. The molecule has 0 fully saturated rings. The maximum absolute atomic E-state index is 12.3. The molecule has 1 amide bonds. The van der Waals surface area contributed by atoms with Crippen LogP contribution in [0.1, 0.15) is 45.9 Å². The molecule has 0 N–H and O–H groups in total. The fourth-order valence-corrected chi connectivity index (χ4v) is 3.09. The van der Waals surface area contributed by atoms with Crippen molar-refractivity contribution in [2.45, 2.75) is 53.1 Å². The summed E-state index contributed by atoms with van der Waals surface area (Å²) >= 11 is 1.26. The first-order valence-corrected chi connectivity index (χ1v) is 9.73.